The van der Waals surface area contributed by atoms with Crippen molar-refractivity contribution in [1.82, 2.24) is 0 Å². The molecule has 6 nitrogen and oxygen atoms in total. The second-order valence-electron chi connectivity index (χ2n) is 4.40. The summed E-state index contributed by atoms with van der Waals surface area (Å²) in [5.74, 6) is -0.822. The van der Waals surface area contributed by atoms with E-state index in [0.29, 0.717) is 12.2 Å². The van der Waals surface area contributed by atoms with Gasteiger partial charge in [-0.2, -0.15) is 5.26 Å². The van der Waals surface area contributed by atoms with E-state index in [1.807, 2.05) is 24.3 Å². The molecule has 0 radical (unpaired) electrons. The largest absolute Gasteiger partial charge is 0.462 e. The van der Waals surface area contributed by atoms with Crippen molar-refractivity contribution in [2.75, 3.05) is 24.3 Å². The number of hydrogen-bond donors (Lipinski definition) is 1. The number of carbonyl (C=O) groups is 2. The average molecular weight is 348 g/mol. The first kappa shape index (κ1) is 19.6. The molecule has 0 amide bonds. The predicted molar refractivity (Wildman–Crippen MR) is 92.4 cm³/mol. The zero-order valence-corrected chi connectivity index (χ0v) is 14.5. The van der Waals surface area contributed by atoms with Crippen molar-refractivity contribution in [2.45, 2.75) is 25.2 Å². The molecule has 128 valence electrons. The van der Waals surface area contributed by atoms with Crippen LogP contribution in [-0.2, 0) is 19.1 Å². The Balaban J connectivity index is 2.94. The molecule has 0 aromatic heterocycles. The zero-order chi connectivity index (χ0) is 17.8. The van der Waals surface area contributed by atoms with Gasteiger partial charge in [0.1, 0.15) is 0 Å². The van der Waals surface area contributed by atoms with Gasteiger partial charge in [-0.1, -0.05) is 12.1 Å². The highest BCUT2D eigenvalue weighted by atomic mass is 32.2. The Kier molecular flexibility index (Phi) is 9.09. The quantitative estimate of drug-likeness (QED) is 0.183. The third-order valence-electron chi connectivity index (χ3n) is 2.72. The summed E-state index contributed by atoms with van der Waals surface area (Å²) in [5, 5.41) is 11.6. The van der Waals surface area contributed by atoms with Crippen LogP contribution in [0.2, 0.25) is 0 Å². The van der Waals surface area contributed by atoms with Crippen LogP contribution in [-0.4, -0.2) is 30.9 Å². The first-order valence-corrected chi connectivity index (χ1v) is 8.52. The molecule has 1 aromatic carbocycles. The summed E-state index contributed by atoms with van der Waals surface area (Å²) in [6.07, 6.45) is 1.73. The summed E-state index contributed by atoms with van der Waals surface area (Å²) in [4.78, 5) is 24.7. The second kappa shape index (κ2) is 11.1. The predicted octanol–water partition coefficient (Wildman–Crippen LogP) is 3.11. The summed E-state index contributed by atoms with van der Waals surface area (Å²) in [6.45, 7) is 3.65. The third kappa shape index (κ3) is 6.34. The van der Waals surface area contributed by atoms with E-state index in [0.717, 1.165) is 10.6 Å². The summed E-state index contributed by atoms with van der Waals surface area (Å²) >= 11 is 1.51. The molecule has 0 bridgehead atoms. The Morgan fingerprint density at radius 3 is 2.42 bits per heavy atom. The molecule has 0 heterocycles. The minimum absolute atomic E-state index is 0.163. The Labute approximate surface area is 145 Å². The Morgan fingerprint density at radius 2 is 1.83 bits per heavy atom. The molecule has 1 rings (SSSR count). The van der Waals surface area contributed by atoms with Gasteiger partial charge in [0.05, 0.1) is 25.0 Å². The summed E-state index contributed by atoms with van der Waals surface area (Å²) in [6, 6.07) is 9.51. The van der Waals surface area contributed by atoms with Gasteiger partial charge >= 0.3 is 11.9 Å². The molecule has 0 atom stereocenters. The number of anilines is 1. The fourth-order valence-electron chi connectivity index (χ4n) is 1.69. The molecule has 0 fully saturated rings. The van der Waals surface area contributed by atoms with Crippen LogP contribution in [0.1, 0.15) is 20.3 Å². The number of ether oxygens (including phenoxy) is 2. The molecule has 0 saturated heterocycles. The lowest BCUT2D eigenvalue weighted by Gasteiger charge is -2.10. The number of nitriles is 1. The van der Waals surface area contributed by atoms with E-state index in [4.69, 9.17) is 14.7 Å². The average Bonchev–Trinajstić information content (AvgIpc) is 2.57. The van der Waals surface area contributed by atoms with Gasteiger partial charge in [-0.15, -0.1) is 11.8 Å². The number of hydrogen-bond acceptors (Lipinski definition) is 7. The van der Waals surface area contributed by atoms with Crippen molar-refractivity contribution in [2.24, 2.45) is 0 Å². The number of thioether (sulfide) groups is 1. The molecule has 1 N–H and O–H groups in total. The molecule has 0 saturated carbocycles. The summed E-state index contributed by atoms with van der Waals surface area (Å²) < 4.78 is 9.76. The minimum atomic E-state index is -0.738. The molecule has 7 heteroatoms. The van der Waals surface area contributed by atoms with Crippen molar-refractivity contribution in [3.8, 4) is 6.07 Å². The fraction of sp³-hybridized carbons (Fsp3) is 0.353. The lowest BCUT2D eigenvalue weighted by Crippen LogP contribution is -2.19. The van der Waals surface area contributed by atoms with Gasteiger partial charge < -0.3 is 14.8 Å². The van der Waals surface area contributed by atoms with Crippen molar-refractivity contribution < 1.29 is 19.1 Å². The summed E-state index contributed by atoms with van der Waals surface area (Å²) in [5.41, 5.74) is 0.530. The van der Waals surface area contributed by atoms with Gasteiger partial charge in [0, 0.05) is 23.3 Å². The monoisotopic (exact) mass is 348 g/mol. The van der Waals surface area contributed by atoms with Gasteiger partial charge in [0.15, 0.2) is 5.57 Å². The van der Waals surface area contributed by atoms with Crippen LogP contribution in [0, 0.1) is 11.3 Å². The zero-order valence-electron chi connectivity index (χ0n) is 13.7. The van der Waals surface area contributed by atoms with Crippen LogP contribution in [0.3, 0.4) is 0 Å². The molecule has 24 heavy (non-hydrogen) atoms. The first-order chi connectivity index (χ1) is 11.6. The number of para-hydroxylation sites is 1. The van der Waals surface area contributed by atoms with Crippen LogP contribution in [0.5, 0.6) is 0 Å². The standard InChI is InChI=1S/C17H20N2O4S/c1-3-22-16(20)13(17(21)23-4-2)12-19-14-8-5-6-9-15(14)24-11-7-10-18/h5-6,8-9,12,19H,3-4,7,11H2,1-2H3. The number of rotatable bonds is 9. The molecular weight excluding hydrogens is 328 g/mol. The lowest BCUT2D eigenvalue weighted by molar-refractivity contribution is -0.146. The van der Waals surface area contributed by atoms with Gasteiger partial charge in [-0.25, -0.2) is 9.59 Å². The maximum atomic E-state index is 11.9. The fourth-order valence-corrected chi connectivity index (χ4v) is 2.56. The maximum absolute atomic E-state index is 11.9. The van der Waals surface area contributed by atoms with Crippen LogP contribution in [0.25, 0.3) is 0 Å². The van der Waals surface area contributed by atoms with E-state index in [2.05, 4.69) is 11.4 Å². The third-order valence-corrected chi connectivity index (χ3v) is 3.80. The second-order valence-corrected chi connectivity index (χ2v) is 5.53. The molecule has 1 aromatic rings. The van der Waals surface area contributed by atoms with Gasteiger partial charge in [0.2, 0.25) is 0 Å². The van der Waals surface area contributed by atoms with Gasteiger partial charge in [-0.3, -0.25) is 0 Å². The van der Waals surface area contributed by atoms with Gasteiger partial charge in [-0.05, 0) is 26.0 Å². The molecule has 0 aliphatic heterocycles. The van der Waals surface area contributed by atoms with E-state index < -0.39 is 11.9 Å². The van der Waals surface area contributed by atoms with E-state index >= 15 is 0 Å². The molecule has 0 aliphatic carbocycles. The van der Waals surface area contributed by atoms with Crippen LogP contribution in [0.15, 0.2) is 40.9 Å². The number of nitrogens with one attached hydrogen (secondary N) is 1. The number of nitrogens with zero attached hydrogens (tertiary/aromatic N) is 1. The Bertz CT molecular complexity index is 618. The molecular formula is C17H20N2O4S. The number of esters is 2. The van der Waals surface area contributed by atoms with Crippen molar-refractivity contribution in [3.05, 3.63) is 36.0 Å². The van der Waals surface area contributed by atoms with E-state index in [1.165, 1.54) is 18.0 Å². The number of benzene rings is 1. The van der Waals surface area contributed by atoms with Crippen molar-refractivity contribution >= 4 is 29.4 Å². The van der Waals surface area contributed by atoms with Gasteiger partial charge in [0.25, 0.3) is 0 Å². The van der Waals surface area contributed by atoms with Crippen molar-refractivity contribution in [3.63, 3.8) is 0 Å². The highest BCUT2D eigenvalue weighted by Crippen LogP contribution is 2.27. The van der Waals surface area contributed by atoms with E-state index in [1.54, 1.807) is 13.8 Å². The molecule has 0 unspecified atom stereocenters. The van der Waals surface area contributed by atoms with Crippen LogP contribution in [0.4, 0.5) is 5.69 Å². The van der Waals surface area contributed by atoms with E-state index in [9.17, 15) is 9.59 Å². The highest BCUT2D eigenvalue weighted by Gasteiger charge is 2.21. The SMILES string of the molecule is CCOC(=O)C(=CNc1ccccc1SCCC#N)C(=O)OCC. The maximum Gasteiger partial charge on any atom is 0.347 e. The van der Waals surface area contributed by atoms with Crippen LogP contribution >= 0.6 is 11.8 Å². The Hall–Kier alpha value is -2.46. The smallest absolute Gasteiger partial charge is 0.347 e. The molecule has 0 aliphatic rings. The topological polar surface area (TPSA) is 88.4 Å². The van der Waals surface area contributed by atoms with Crippen molar-refractivity contribution in [1.29, 1.82) is 5.26 Å². The molecule has 0 spiro atoms. The highest BCUT2D eigenvalue weighted by molar-refractivity contribution is 7.99. The number of carbonyl (C=O) groups excluding carboxylic acids is 2. The normalized spacial score (nSPS) is 9.54. The van der Waals surface area contributed by atoms with E-state index in [-0.39, 0.29) is 18.8 Å². The van der Waals surface area contributed by atoms with Crippen LogP contribution < -0.4 is 5.32 Å². The Morgan fingerprint density at radius 1 is 1.21 bits per heavy atom. The lowest BCUT2D eigenvalue weighted by atomic mass is 10.2. The minimum Gasteiger partial charge on any atom is -0.462 e. The first-order valence-electron chi connectivity index (χ1n) is 7.53. The summed E-state index contributed by atoms with van der Waals surface area (Å²) in [7, 11) is 0.